The highest BCUT2D eigenvalue weighted by Gasteiger charge is 2.17. The molecule has 1 aromatic heterocycles. The summed E-state index contributed by atoms with van der Waals surface area (Å²) in [6.45, 7) is 0. The van der Waals surface area contributed by atoms with Crippen molar-refractivity contribution in [2.45, 2.75) is 0 Å². The third-order valence-electron chi connectivity index (χ3n) is 1.69. The van der Waals surface area contributed by atoms with Crippen LogP contribution in [0, 0.1) is 0 Å². The van der Waals surface area contributed by atoms with E-state index >= 15 is 0 Å². The topological polar surface area (TPSA) is 25.2 Å². The Morgan fingerprint density at radius 3 is 2.87 bits per heavy atom. The molecule has 15 heavy (non-hydrogen) atoms. The van der Waals surface area contributed by atoms with Gasteiger partial charge in [0.2, 0.25) is 0 Å². The standard InChI is InChI=1S/C10H7NOS3/c13-9-8(15-10(14)11-9)5-1-3-7-4-2-6-12-7/h1-6H,(H,11,13,14). The zero-order valence-electron chi connectivity index (χ0n) is 7.60. The second-order valence-electron chi connectivity index (χ2n) is 2.75. The van der Waals surface area contributed by atoms with E-state index < -0.39 is 0 Å². The van der Waals surface area contributed by atoms with Gasteiger partial charge in [-0.25, -0.2) is 0 Å². The number of furan rings is 1. The van der Waals surface area contributed by atoms with Crippen LogP contribution in [0.4, 0.5) is 0 Å². The van der Waals surface area contributed by atoms with E-state index in [-0.39, 0.29) is 0 Å². The van der Waals surface area contributed by atoms with Crippen molar-refractivity contribution in [3.8, 4) is 0 Å². The van der Waals surface area contributed by atoms with Gasteiger partial charge >= 0.3 is 0 Å². The number of thiocarbonyl (C=S) groups is 2. The van der Waals surface area contributed by atoms with Crippen molar-refractivity contribution >= 4 is 51.6 Å². The van der Waals surface area contributed by atoms with Gasteiger partial charge in [-0.2, -0.15) is 0 Å². The van der Waals surface area contributed by atoms with Crippen LogP contribution in [0.1, 0.15) is 5.76 Å². The van der Waals surface area contributed by atoms with Crippen molar-refractivity contribution in [2.24, 2.45) is 0 Å². The average molecular weight is 253 g/mol. The predicted molar refractivity (Wildman–Crippen MR) is 71.7 cm³/mol. The van der Waals surface area contributed by atoms with Crippen molar-refractivity contribution in [1.82, 2.24) is 5.32 Å². The molecule has 0 aliphatic carbocycles. The summed E-state index contributed by atoms with van der Waals surface area (Å²) >= 11 is 11.5. The first kappa shape index (κ1) is 10.6. The molecule has 1 aromatic rings. The highest BCUT2D eigenvalue weighted by Crippen LogP contribution is 2.24. The average Bonchev–Trinajstić information content (AvgIpc) is 2.77. The minimum atomic E-state index is 0.689. The van der Waals surface area contributed by atoms with Crippen molar-refractivity contribution in [2.75, 3.05) is 0 Å². The zero-order valence-corrected chi connectivity index (χ0v) is 10.0. The molecule has 0 unspecified atom stereocenters. The van der Waals surface area contributed by atoms with Crippen LogP contribution in [0.25, 0.3) is 6.08 Å². The Morgan fingerprint density at radius 1 is 1.40 bits per heavy atom. The lowest BCUT2D eigenvalue weighted by molar-refractivity contribution is 0.557. The van der Waals surface area contributed by atoms with Gasteiger partial charge in [-0.15, -0.1) is 0 Å². The van der Waals surface area contributed by atoms with Crippen molar-refractivity contribution in [1.29, 1.82) is 0 Å². The summed E-state index contributed by atoms with van der Waals surface area (Å²) in [7, 11) is 0. The van der Waals surface area contributed by atoms with Gasteiger partial charge in [0.1, 0.15) is 15.1 Å². The molecule has 1 aliphatic heterocycles. The SMILES string of the molecule is S=C1NC(=S)C(=CC=Cc2ccco2)S1. The normalized spacial score (nSPS) is 19.1. The number of nitrogens with one attached hydrogen (secondary N) is 1. The number of allylic oxidation sites excluding steroid dienone is 2. The maximum absolute atomic E-state index is 5.15. The molecule has 0 atom stereocenters. The third-order valence-corrected chi connectivity index (χ3v) is 3.34. The van der Waals surface area contributed by atoms with Crippen LogP contribution >= 0.6 is 36.2 Å². The lowest BCUT2D eigenvalue weighted by Gasteiger charge is -1.89. The Bertz CT molecular complexity index is 445. The number of hydrogen-bond donors (Lipinski definition) is 1. The van der Waals surface area contributed by atoms with E-state index in [4.69, 9.17) is 28.9 Å². The fraction of sp³-hybridized carbons (Fsp3) is 0. The van der Waals surface area contributed by atoms with Gasteiger partial charge in [0.15, 0.2) is 0 Å². The molecule has 76 valence electrons. The molecule has 0 aromatic carbocycles. The Kier molecular flexibility index (Phi) is 3.35. The fourth-order valence-electron chi connectivity index (χ4n) is 1.05. The first-order valence-electron chi connectivity index (χ1n) is 4.21. The minimum absolute atomic E-state index is 0.689. The fourth-order valence-corrected chi connectivity index (χ4v) is 2.49. The van der Waals surface area contributed by atoms with Gasteiger partial charge in [-0.05, 0) is 24.3 Å². The van der Waals surface area contributed by atoms with Gasteiger partial charge in [-0.3, -0.25) is 0 Å². The Labute approximate surface area is 102 Å². The molecule has 2 rings (SSSR count). The molecule has 1 N–H and O–H groups in total. The van der Waals surface area contributed by atoms with Crippen LogP contribution in [0.2, 0.25) is 0 Å². The molecule has 0 spiro atoms. The van der Waals surface area contributed by atoms with Gasteiger partial charge in [0.05, 0.1) is 6.26 Å². The molecule has 0 bridgehead atoms. The first-order chi connectivity index (χ1) is 7.25. The Hall–Kier alpha value is -0.910. The molecular weight excluding hydrogens is 246 g/mol. The van der Waals surface area contributed by atoms with E-state index in [1.807, 2.05) is 30.4 Å². The second kappa shape index (κ2) is 4.74. The van der Waals surface area contributed by atoms with E-state index in [1.54, 1.807) is 6.26 Å². The van der Waals surface area contributed by atoms with Crippen LogP contribution in [0.5, 0.6) is 0 Å². The van der Waals surface area contributed by atoms with Gasteiger partial charge in [0.25, 0.3) is 0 Å². The minimum Gasteiger partial charge on any atom is -0.465 e. The van der Waals surface area contributed by atoms with Crippen LogP contribution in [0.3, 0.4) is 0 Å². The predicted octanol–water partition coefficient (Wildman–Crippen LogP) is 3.13. The molecule has 0 saturated carbocycles. The highest BCUT2D eigenvalue weighted by atomic mass is 32.2. The molecule has 2 heterocycles. The number of rotatable bonds is 2. The lowest BCUT2D eigenvalue weighted by Crippen LogP contribution is -2.15. The molecular formula is C10H7NOS3. The zero-order chi connectivity index (χ0) is 10.7. The quantitative estimate of drug-likeness (QED) is 0.645. The van der Waals surface area contributed by atoms with E-state index in [2.05, 4.69) is 5.32 Å². The van der Waals surface area contributed by atoms with Gasteiger partial charge < -0.3 is 9.73 Å². The summed E-state index contributed by atoms with van der Waals surface area (Å²) in [4.78, 5) is 1.66. The highest BCUT2D eigenvalue weighted by molar-refractivity contribution is 8.27. The molecule has 1 fully saturated rings. The van der Waals surface area contributed by atoms with Crippen molar-refractivity contribution < 1.29 is 4.42 Å². The van der Waals surface area contributed by atoms with Gasteiger partial charge in [-0.1, -0.05) is 42.3 Å². The largest absolute Gasteiger partial charge is 0.465 e. The molecule has 1 saturated heterocycles. The van der Waals surface area contributed by atoms with Crippen LogP contribution in [-0.4, -0.2) is 9.31 Å². The smallest absolute Gasteiger partial charge is 0.143 e. The summed E-state index contributed by atoms with van der Waals surface area (Å²) in [5.74, 6) is 0.816. The van der Waals surface area contributed by atoms with E-state index in [0.717, 1.165) is 10.7 Å². The Balaban J connectivity index is 2.06. The second-order valence-corrected chi connectivity index (χ2v) is 4.88. The van der Waals surface area contributed by atoms with Crippen LogP contribution < -0.4 is 5.32 Å². The van der Waals surface area contributed by atoms with Crippen molar-refractivity contribution in [3.05, 3.63) is 41.2 Å². The summed E-state index contributed by atoms with van der Waals surface area (Å²) in [5, 5.41) is 2.91. The van der Waals surface area contributed by atoms with E-state index in [1.165, 1.54) is 11.8 Å². The number of thioether (sulfide) groups is 1. The van der Waals surface area contributed by atoms with Gasteiger partial charge in [0, 0.05) is 4.91 Å². The van der Waals surface area contributed by atoms with Crippen molar-refractivity contribution in [3.63, 3.8) is 0 Å². The first-order valence-corrected chi connectivity index (χ1v) is 5.84. The molecule has 2 nitrogen and oxygen atoms in total. The summed E-state index contributed by atoms with van der Waals surface area (Å²) < 4.78 is 5.86. The molecule has 0 amide bonds. The van der Waals surface area contributed by atoms with Crippen LogP contribution in [-0.2, 0) is 0 Å². The summed E-state index contributed by atoms with van der Waals surface area (Å²) in [6.07, 6.45) is 7.32. The lowest BCUT2D eigenvalue weighted by atomic mass is 10.3. The maximum Gasteiger partial charge on any atom is 0.143 e. The molecule has 1 aliphatic rings. The van der Waals surface area contributed by atoms with E-state index in [9.17, 15) is 0 Å². The van der Waals surface area contributed by atoms with Crippen LogP contribution in [0.15, 0.2) is 39.9 Å². The Morgan fingerprint density at radius 2 is 2.27 bits per heavy atom. The summed E-state index contributed by atoms with van der Waals surface area (Å²) in [5.41, 5.74) is 0. The molecule has 5 heteroatoms. The third kappa shape index (κ3) is 2.77. The maximum atomic E-state index is 5.15. The van der Waals surface area contributed by atoms with E-state index in [0.29, 0.717) is 9.31 Å². The molecule has 0 radical (unpaired) electrons. The number of hydrogen-bond acceptors (Lipinski definition) is 4. The summed E-state index contributed by atoms with van der Waals surface area (Å²) in [6, 6.07) is 3.73. The monoisotopic (exact) mass is 253 g/mol.